The molecule has 0 aromatic heterocycles. The maximum Gasteiger partial charge on any atom is 0.327 e. The van der Waals surface area contributed by atoms with Gasteiger partial charge in [0.2, 0.25) is 0 Å². The highest BCUT2D eigenvalue weighted by Crippen LogP contribution is 2.36. The van der Waals surface area contributed by atoms with Crippen molar-refractivity contribution in [3.63, 3.8) is 0 Å². The number of aliphatic hydroxyl groups is 1. The predicted octanol–water partition coefficient (Wildman–Crippen LogP) is 2.64. The summed E-state index contributed by atoms with van der Waals surface area (Å²) in [5.74, 6) is 0. The van der Waals surface area contributed by atoms with Crippen LogP contribution in [0.25, 0.3) is 0 Å². The number of rotatable bonds is 5. The molecule has 3 N–H and O–H groups in total. The van der Waals surface area contributed by atoms with Crippen LogP contribution in [0.2, 0.25) is 0 Å². The summed E-state index contributed by atoms with van der Waals surface area (Å²) in [5.41, 5.74) is 2.11. The molecular formula is C13H21O4P. The molecule has 0 fully saturated rings. The monoisotopic (exact) mass is 272 g/mol. The fourth-order valence-electron chi connectivity index (χ4n) is 1.71. The lowest BCUT2D eigenvalue weighted by molar-refractivity contribution is 0.136. The zero-order valence-electron chi connectivity index (χ0n) is 11.0. The first-order valence-corrected chi connectivity index (χ1v) is 7.07. The molecule has 1 rings (SSSR count). The highest BCUT2D eigenvalue weighted by Gasteiger charge is 2.18. The summed E-state index contributed by atoms with van der Waals surface area (Å²) < 4.78 is 5.02. The van der Waals surface area contributed by atoms with E-state index in [0.717, 1.165) is 5.56 Å². The molecule has 0 heterocycles. The molecule has 0 aliphatic carbocycles. The van der Waals surface area contributed by atoms with Gasteiger partial charge >= 0.3 is 8.60 Å². The normalized spacial score (nSPS) is 13.9. The number of benzene rings is 1. The SMILES string of the molecule is CC(C)(C)c1ccc(C(CCO)OP(O)O)cc1. The third-order valence-electron chi connectivity index (χ3n) is 2.76. The maximum atomic E-state index is 8.96. The smallest absolute Gasteiger partial charge is 0.327 e. The van der Waals surface area contributed by atoms with Gasteiger partial charge in [0.1, 0.15) is 0 Å². The molecule has 18 heavy (non-hydrogen) atoms. The number of aliphatic hydroxyl groups excluding tert-OH is 1. The minimum Gasteiger partial charge on any atom is -0.396 e. The Morgan fingerprint density at radius 1 is 1.17 bits per heavy atom. The minimum absolute atomic E-state index is 0.0607. The summed E-state index contributed by atoms with van der Waals surface area (Å²) in [6.45, 7) is 6.33. The molecule has 0 radical (unpaired) electrons. The molecule has 1 aromatic rings. The zero-order chi connectivity index (χ0) is 13.8. The van der Waals surface area contributed by atoms with E-state index in [1.54, 1.807) is 0 Å². The van der Waals surface area contributed by atoms with E-state index in [1.165, 1.54) is 5.56 Å². The summed E-state index contributed by atoms with van der Waals surface area (Å²) in [6.07, 6.45) is -0.139. The van der Waals surface area contributed by atoms with E-state index in [1.807, 2.05) is 24.3 Å². The lowest BCUT2D eigenvalue weighted by atomic mass is 9.86. The molecule has 102 valence electrons. The molecule has 5 heteroatoms. The van der Waals surface area contributed by atoms with Crippen molar-refractivity contribution in [2.45, 2.75) is 38.7 Å². The van der Waals surface area contributed by atoms with E-state index in [0.29, 0.717) is 6.42 Å². The second-order valence-corrected chi connectivity index (χ2v) is 5.95. The maximum absolute atomic E-state index is 8.96. The Morgan fingerprint density at radius 3 is 2.11 bits per heavy atom. The van der Waals surface area contributed by atoms with E-state index < -0.39 is 14.7 Å². The van der Waals surface area contributed by atoms with Crippen LogP contribution in [0, 0.1) is 0 Å². The lowest BCUT2D eigenvalue weighted by Crippen LogP contribution is -2.11. The first kappa shape index (κ1) is 15.5. The average Bonchev–Trinajstić information content (AvgIpc) is 2.27. The molecular weight excluding hydrogens is 251 g/mol. The summed E-state index contributed by atoms with van der Waals surface area (Å²) in [6, 6.07) is 7.81. The summed E-state index contributed by atoms with van der Waals surface area (Å²) in [4.78, 5) is 17.8. The highest BCUT2D eigenvalue weighted by atomic mass is 31.2. The Balaban J connectivity index is 2.86. The fourth-order valence-corrected chi connectivity index (χ4v) is 2.16. The largest absolute Gasteiger partial charge is 0.396 e. The second kappa shape index (κ2) is 6.60. The van der Waals surface area contributed by atoms with Gasteiger partial charge in [0.05, 0.1) is 6.10 Å². The first-order valence-electron chi connectivity index (χ1n) is 5.90. The summed E-state index contributed by atoms with van der Waals surface area (Å²) in [5, 5.41) is 8.96. The van der Waals surface area contributed by atoms with E-state index >= 15 is 0 Å². The van der Waals surface area contributed by atoms with Gasteiger partial charge in [0, 0.05) is 13.0 Å². The van der Waals surface area contributed by atoms with Crippen molar-refractivity contribution in [3.8, 4) is 0 Å². The average molecular weight is 272 g/mol. The predicted molar refractivity (Wildman–Crippen MR) is 72.0 cm³/mol. The molecule has 0 saturated carbocycles. The molecule has 0 aliphatic heterocycles. The van der Waals surface area contributed by atoms with Crippen LogP contribution in [0.1, 0.15) is 44.4 Å². The lowest BCUT2D eigenvalue weighted by Gasteiger charge is -2.21. The second-order valence-electron chi connectivity index (χ2n) is 5.23. The molecule has 1 atom stereocenters. The van der Waals surface area contributed by atoms with Crippen LogP contribution in [0.4, 0.5) is 0 Å². The minimum atomic E-state index is -2.42. The Hall–Kier alpha value is -0.510. The quantitative estimate of drug-likeness (QED) is 0.721. The van der Waals surface area contributed by atoms with Gasteiger partial charge in [-0.05, 0) is 16.5 Å². The van der Waals surface area contributed by atoms with Crippen molar-refractivity contribution in [2.75, 3.05) is 6.61 Å². The van der Waals surface area contributed by atoms with Crippen molar-refractivity contribution < 1.29 is 19.4 Å². The first-order chi connectivity index (χ1) is 8.34. The van der Waals surface area contributed by atoms with Gasteiger partial charge in [-0.25, -0.2) is 0 Å². The third-order valence-corrected chi connectivity index (χ3v) is 3.20. The van der Waals surface area contributed by atoms with Crippen molar-refractivity contribution in [1.82, 2.24) is 0 Å². The van der Waals surface area contributed by atoms with Gasteiger partial charge in [0.15, 0.2) is 0 Å². The van der Waals surface area contributed by atoms with Crippen molar-refractivity contribution in [3.05, 3.63) is 35.4 Å². The Bertz CT molecular complexity index is 356. The van der Waals surface area contributed by atoms with Crippen LogP contribution in [0.15, 0.2) is 24.3 Å². The number of hydrogen-bond acceptors (Lipinski definition) is 4. The molecule has 0 spiro atoms. The van der Waals surface area contributed by atoms with Crippen molar-refractivity contribution >= 4 is 8.60 Å². The van der Waals surface area contributed by atoms with E-state index in [2.05, 4.69) is 20.8 Å². The van der Waals surface area contributed by atoms with E-state index in [9.17, 15) is 0 Å². The summed E-state index contributed by atoms with van der Waals surface area (Å²) >= 11 is 0. The molecule has 1 unspecified atom stereocenters. The van der Waals surface area contributed by atoms with Crippen LogP contribution < -0.4 is 0 Å². The molecule has 0 saturated heterocycles. The highest BCUT2D eigenvalue weighted by molar-refractivity contribution is 7.39. The van der Waals surface area contributed by atoms with Gasteiger partial charge < -0.3 is 19.4 Å². The molecule has 0 amide bonds. The van der Waals surface area contributed by atoms with Crippen LogP contribution >= 0.6 is 8.60 Å². The zero-order valence-corrected chi connectivity index (χ0v) is 11.9. The van der Waals surface area contributed by atoms with Crippen molar-refractivity contribution in [2.24, 2.45) is 0 Å². The summed E-state index contributed by atoms with van der Waals surface area (Å²) in [7, 11) is -2.42. The number of hydrogen-bond donors (Lipinski definition) is 3. The molecule has 4 nitrogen and oxygen atoms in total. The Labute approximate surface area is 109 Å². The molecule has 1 aromatic carbocycles. The van der Waals surface area contributed by atoms with Gasteiger partial charge in [-0.3, -0.25) is 0 Å². The van der Waals surface area contributed by atoms with Crippen molar-refractivity contribution in [1.29, 1.82) is 0 Å². The van der Waals surface area contributed by atoms with Gasteiger partial charge in [0.25, 0.3) is 0 Å². The van der Waals surface area contributed by atoms with Crippen LogP contribution in [-0.4, -0.2) is 21.5 Å². The fraction of sp³-hybridized carbons (Fsp3) is 0.538. The van der Waals surface area contributed by atoms with E-state index in [4.69, 9.17) is 19.4 Å². The topological polar surface area (TPSA) is 69.9 Å². The van der Waals surface area contributed by atoms with Gasteiger partial charge in [-0.2, -0.15) is 0 Å². The van der Waals surface area contributed by atoms with Gasteiger partial charge in [-0.1, -0.05) is 45.0 Å². The van der Waals surface area contributed by atoms with Gasteiger partial charge in [-0.15, -0.1) is 0 Å². The Morgan fingerprint density at radius 2 is 1.72 bits per heavy atom. The standard InChI is InChI=1S/C13H21O4P/c1-13(2,3)11-6-4-10(5-7-11)12(8-9-14)17-18(15)16/h4-7,12,14-16H,8-9H2,1-3H3. The van der Waals surface area contributed by atoms with E-state index in [-0.39, 0.29) is 12.0 Å². The van der Waals surface area contributed by atoms with Crippen LogP contribution in [0.5, 0.6) is 0 Å². The molecule has 0 bridgehead atoms. The molecule has 0 aliphatic rings. The van der Waals surface area contributed by atoms with Crippen LogP contribution in [0.3, 0.4) is 0 Å². The third kappa shape index (κ3) is 4.63. The van der Waals surface area contributed by atoms with Crippen LogP contribution in [-0.2, 0) is 9.94 Å². The Kier molecular flexibility index (Phi) is 5.70.